The molecule has 1 atom stereocenters. The number of hydrogen-bond donors (Lipinski definition) is 1. The van der Waals surface area contributed by atoms with Gasteiger partial charge in [0, 0.05) is 37.3 Å². The second-order valence-corrected chi connectivity index (χ2v) is 11.9. The lowest BCUT2D eigenvalue weighted by molar-refractivity contribution is -0.199. The molecule has 2 aromatic heterocycles. The minimum atomic E-state index is -4.31. The third-order valence-electron chi connectivity index (χ3n) is 5.88. The molecule has 1 N–H and O–H groups in total. The van der Waals surface area contributed by atoms with Crippen LogP contribution in [0.15, 0.2) is 45.9 Å². The van der Waals surface area contributed by atoms with Crippen molar-refractivity contribution in [3.05, 3.63) is 52.8 Å². The maximum absolute atomic E-state index is 13.4. The summed E-state index contributed by atoms with van der Waals surface area (Å²) < 4.78 is 39.8. The molecule has 3 rings (SSSR count). The van der Waals surface area contributed by atoms with Crippen LogP contribution in [0.3, 0.4) is 0 Å². The Bertz CT molecular complexity index is 1100. The second-order valence-electron chi connectivity index (χ2n) is 9.17. The van der Waals surface area contributed by atoms with Crippen LogP contribution in [0.4, 0.5) is 19.1 Å². The van der Waals surface area contributed by atoms with Gasteiger partial charge in [-0.1, -0.05) is 36.9 Å². The van der Waals surface area contributed by atoms with Gasteiger partial charge in [0.05, 0.1) is 11.1 Å². The Morgan fingerprint density at radius 2 is 1.97 bits per heavy atom. The lowest BCUT2D eigenvalue weighted by atomic mass is 9.81. The maximum Gasteiger partial charge on any atom is 0.397 e. The first-order valence-corrected chi connectivity index (χ1v) is 12.9. The van der Waals surface area contributed by atoms with E-state index in [0.29, 0.717) is 29.8 Å². The summed E-state index contributed by atoms with van der Waals surface area (Å²) in [5, 5.41) is 11.2. The van der Waals surface area contributed by atoms with Gasteiger partial charge in [0.25, 0.3) is 0 Å². The summed E-state index contributed by atoms with van der Waals surface area (Å²) in [7, 11) is 0. The van der Waals surface area contributed by atoms with Crippen LogP contribution in [0.1, 0.15) is 45.4 Å². The van der Waals surface area contributed by atoms with Gasteiger partial charge in [-0.15, -0.1) is 11.3 Å². The van der Waals surface area contributed by atoms with E-state index in [1.165, 1.54) is 42.2 Å². The van der Waals surface area contributed by atoms with Crippen LogP contribution in [0, 0.1) is 5.41 Å². The Morgan fingerprint density at radius 3 is 2.51 bits per heavy atom. The first-order valence-electron chi connectivity index (χ1n) is 11.2. The molecule has 0 spiro atoms. The molecule has 0 aliphatic heterocycles. The minimum absolute atomic E-state index is 0.113. The zero-order valence-electron chi connectivity index (χ0n) is 20.1. The first-order chi connectivity index (χ1) is 16.3. The van der Waals surface area contributed by atoms with Crippen molar-refractivity contribution in [2.24, 2.45) is 5.41 Å². The molecule has 1 aliphatic rings. The van der Waals surface area contributed by atoms with Gasteiger partial charge in [-0.3, -0.25) is 4.79 Å². The Balaban J connectivity index is 1.73. The molecule has 11 heteroatoms. The Kier molecular flexibility index (Phi) is 8.31. The number of hydrogen-bond acceptors (Lipinski definition) is 7. The molecular weight excluding hydrogens is 497 g/mol. The van der Waals surface area contributed by atoms with Gasteiger partial charge in [0.1, 0.15) is 4.75 Å². The van der Waals surface area contributed by atoms with Crippen LogP contribution < -0.4 is 4.90 Å². The number of halogens is 3. The number of anilines is 1. The molecule has 1 aliphatic carbocycles. The van der Waals surface area contributed by atoms with Crippen LogP contribution in [0.2, 0.25) is 0 Å². The highest BCUT2D eigenvalue weighted by molar-refractivity contribution is 8.03. The summed E-state index contributed by atoms with van der Waals surface area (Å²) in [5.74, 6) is -0.411. The predicted octanol–water partition coefficient (Wildman–Crippen LogP) is 5.95. The van der Waals surface area contributed by atoms with Crippen molar-refractivity contribution in [3.63, 3.8) is 0 Å². The van der Waals surface area contributed by atoms with E-state index in [0.717, 1.165) is 23.3 Å². The molecule has 190 valence electrons. The maximum atomic E-state index is 13.4. The number of nitrogens with zero attached hydrogens (tertiary/aromatic N) is 4. The average molecular weight is 527 g/mol. The first kappa shape index (κ1) is 27.2. The second kappa shape index (κ2) is 10.7. The lowest BCUT2D eigenvalue weighted by Crippen LogP contribution is -2.35. The summed E-state index contributed by atoms with van der Waals surface area (Å²) in [6.07, 6.45) is 4.85. The van der Waals surface area contributed by atoms with Crippen LogP contribution in [0.25, 0.3) is 0 Å². The molecule has 0 amide bonds. The zero-order chi connectivity index (χ0) is 25.9. The van der Waals surface area contributed by atoms with Gasteiger partial charge in [-0.25, -0.2) is 15.0 Å². The number of thiazole rings is 1. The standard InChI is InChI=1S/C24H29F3N4O2S2/c1-5-16-12-28-20(29-13-16)31(14-17-6-9-23(4,10-7-17)24(25,26)27)11-8-18-15-34-21(30-18)35-22(2,3)19(32)33/h6-7,9,12-13,15H,5,8,10-11,14H2,1-4H3,(H,32,33). The van der Waals surface area contributed by atoms with Crippen molar-refractivity contribution < 1.29 is 23.1 Å². The number of aliphatic carboxylic acids is 1. The molecule has 0 fully saturated rings. The lowest BCUT2D eigenvalue weighted by Gasteiger charge is -2.31. The molecule has 0 radical (unpaired) electrons. The monoisotopic (exact) mass is 526 g/mol. The molecule has 6 nitrogen and oxygen atoms in total. The van der Waals surface area contributed by atoms with E-state index in [9.17, 15) is 23.1 Å². The zero-order valence-corrected chi connectivity index (χ0v) is 21.7. The smallest absolute Gasteiger partial charge is 0.397 e. The molecule has 2 heterocycles. The fourth-order valence-electron chi connectivity index (χ4n) is 3.22. The van der Waals surface area contributed by atoms with Gasteiger partial charge in [-0.05, 0) is 44.7 Å². The fourth-order valence-corrected chi connectivity index (χ4v) is 5.45. The number of carbonyl (C=O) groups is 1. The SMILES string of the molecule is CCc1cnc(N(CCc2csc(SC(C)(C)C(=O)O)n2)CC2=CCC(C)(C(F)(F)F)C=C2)nc1. The van der Waals surface area contributed by atoms with Crippen LogP contribution in [-0.4, -0.2) is 50.0 Å². The summed E-state index contributed by atoms with van der Waals surface area (Å²) in [5.41, 5.74) is 0.715. The van der Waals surface area contributed by atoms with Gasteiger partial charge in [0.15, 0.2) is 4.34 Å². The number of alkyl halides is 3. The molecule has 0 saturated heterocycles. The molecule has 0 aromatic carbocycles. The molecular formula is C24H29F3N4O2S2. The van der Waals surface area contributed by atoms with Crippen LogP contribution in [-0.2, 0) is 17.6 Å². The van der Waals surface area contributed by atoms with Gasteiger partial charge < -0.3 is 10.0 Å². The number of rotatable bonds is 10. The van der Waals surface area contributed by atoms with Gasteiger partial charge >= 0.3 is 12.1 Å². The third kappa shape index (κ3) is 6.84. The van der Waals surface area contributed by atoms with Crippen molar-refractivity contribution in [3.8, 4) is 0 Å². The number of thioether (sulfide) groups is 1. The predicted molar refractivity (Wildman–Crippen MR) is 133 cm³/mol. The largest absolute Gasteiger partial charge is 0.480 e. The highest BCUT2D eigenvalue weighted by Crippen LogP contribution is 2.44. The third-order valence-corrected chi connectivity index (χ3v) is 8.06. The average Bonchev–Trinajstić information content (AvgIpc) is 3.23. The summed E-state index contributed by atoms with van der Waals surface area (Å²) in [4.78, 5) is 26.8. The number of aromatic nitrogens is 3. The van der Waals surface area contributed by atoms with E-state index in [1.54, 1.807) is 32.3 Å². The Hall–Kier alpha value is -2.40. The molecule has 1 unspecified atom stereocenters. The van der Waals surface area contributed by atoms with E-state index in [2.05, 4.69) is 15.0 Å². The van der Waals surface area contributed by atoms with E-state index in [4.69, 9.17) is 0 Å². The Morgan fingerprint density at radius 1 is 1.29 bits per heavy atom. The van der Waals surface area contributed by atoms with Crippen molar-refractivity contribution in [2.75, 3.05) is 18.0 Å². The molecule has 35 heavy (non-hydrogen) atoms. The number of carboxylic acid groups (broad SMARTS) is 1. The van der Waals surface area contributed by atoms with E-state index < -0.39 is 22.3 Å². The highest BCUT2D eigenvalue weighted by atomic mass is 32.2. The summed E-state index contributed by atoms with van der Waals surface area (Å²) >= 11 is 2.59. The molecule has 0 bridgehead atoms. The van der Waals surface area contributed by atoms with E-state index in [1.807, 2.05) is 17.2 Å². The summed E-state index contributed by atoms with van der Waals surface area (Å²) in [6.45, 7) is 7.35. The number of allylic oxidation sites excluding steroid dienone is 2. The number of aryl methyl sites for hydroxylation is 1. The van der Waals surface area contributed by atoms with Crippen molar-refractivity contribution in [2.45, 2.75) is 62.2 Å². The topological polar surface area (TPSA) is 79.2 Å². The fraction of sp³-hybridized carbons (Fsp3) is 0.500. The van der Waals surface area contributed by atoms with Crippen molar-refractivity contribution in [1.82, 2.24) is 15.0 Å². The Labute approximate surface area is 211 Å². The van der Waals surface area contributed by atoms with Gasteiger partial charge in [0.2, 0.25) is 5.95 Å². The quantitative estimate of drug-likeness (QED) is 0.383. The number of carboxylic acids is 1. The van der Waals surface area contributed by atoms with Crippen LogP contribution in [0.5, 0.6) is 0 Å². The normalized spacial score (nSPS) is 18.4. The van der Waals surface area contributed by atoms with Gasteiger partial charge in [-0.2, -0.15) is 13.2 Å². The molecule has 2 aromatic rings. The minimum Gasteiger partial charge on any atom is -0.480 e. The van der Waals surface area contributed by atoms with E-state index in [-0.39, 0.29) is 6.42 Å². The van der Waals surface area contributed by atoms with Crippen LogP contribution >= 0.6 is 23.1 Å². The van der Waals surface area contributed by atoms with Crippen molar-refractivity contribution in [1.29, 1.82) is 0 Å². The van der Waals surface area contributed by atoms with Crippen molar-refractivity contribution >= 4 is 35.0 Å². The summed E-state index contributed by atoms with van der Waals surface area (Å²) in [6, 6.07) is 0. The highest BCUT2D eigenvalue weighted by Gasteiger charge is 2.49. The van der Waals surface area contributed by atoms with E-state index >= 15 is 0 Å². The molecule has 0 saturated carbocycles.